The summed E-state index contributed by atoms with van der Waals surface area (Å²) in [4.78, 5) is 23.8. The van der Waals surface area contributed by atoms with Crippen molar-refractivity contribution in [2.75, 3.05) is 18.6 Å². The Kier molecular flexibility index (Phi) is 3.57. The minimum absolute atomic E-state index is 0.317. The van der Waals surface area contributed by atoms with Crippen molar-refractivity contribution in [2.24, 2.45) is 0 Å². The lowest BCUT2D eigenvalue weighted by molar-refractivity contribution is -0.128. The third-order valence-corrected chi connectivity index (χ3v) is 3.04. The van der Waals surface area contributed by atoms with Gasteiger partial charge in [-0.2, -0.15) is 0 Å². The van der Waals surface area contributed by atoms with Gasteiger partial charge in [0.2, 0.25) is 0 Å². The lowest BCUT2D eigenvalue weighted by atomic mass is 9.94. The highest BCUT2D eigenvalue weighted by atomic mass is 16.5. The Morgan fingerprint density at radius 1 is 1.42 bits per heavy atom. The second-order valence-corrected chi connectivity index (χ2v) is 4.08. The highest BCUT2D eigenvalue weighted by molar-refractivity contribution is 6.06. The second kappa shape index (κ2) is 5.15. The van der Waals surface area contributed by atoms with E-state index in [0.29, 0.717) is 11.4 Å². The fourth-order valence-electron chi connectivity index (χ4n) is 2.08. The molecule has 0 spiro atoms. The van der Waals surface area contributed by atoms with Crippen molar-refractivity contribution in [3.8, 4) is 5.75 Å². The maximum Gasteiger partial charge on any atom is 0.405 e. The van der Waals surface area contributed by atoms with E-state index >= 15 is 0 Å². The van der Waals surface area contributed by atoms with Crippen LogP contribution in [0.25, 0.3) is 0 Å². The standard InChI is InChI=1S/C12H14N2O5/c1-19-8-4-2-7(3-5-8)14-9(6-15)10(11(14)16)13-12(17)18/h2-5,9-10,13,15H,6H2,1H3,(H,17,18). The smallest absolute Gasteiger partial charge is 0.405 e. The molecule has 0 saturated carbocycles. The first kappa shape index (κ1) is 13.2. The van der Waals surface area contributed by atoms with Crippen LogP contribution in [-0.4, -0.2) is 48.0 Å². The largest absolute Gasteiger partial charge is 0.497 e. The molecule has 0 aromatic heterocycles. The normalized spacial score (nSPS) is 21.8. The number of hydrogen-bond donors (Lipinski definition) is 3. The van der Waals surface area contributed by atoms with Crippen LogP contribution >= 0.6 is 0 Å². The lowest BCUT2D eigenvalue weighted by Gasteiger charge is -2.45. The number of aliphatic hydroxyl groups is 1. The number of hydrogen-bond acceptors (Lipinski definition) is 4. The molecule has 2 atom stereocenters. The average molecular weight is 266 g/mol. The summed E-state index contributed by atoms with van der Waals surface area (Å²) in [6.45, 7) is -0.317. The van der Waals surface area contributed by atoms with Crippen LogP contribution in [0.4, 0.5) is 10.5 Å². The lowest BCUT2D eigenvalue weighted by Crippen LogP contribution is -2.72. The number of aliphatic hydroxyl groups excluding tert-OH is 1. The van der Waals surface area contributed by atoms with Gasteiger partial charge in [-0.15, -0.1) is 0 Å². The first-order valence-electron chi connectivity index (χ1n) is 5.66. The van der Waals surface area contributed by atoms with E-state index in [0.717, 1.165) is 0 Å². The van der Waals surface area contributed by atoms with Gasteiger partial charge in [-0.05, 0) is 24.3 Å². The molecule has 2 amide bonds. The first-order chi connectivity index (χ1) is 9.08. The van der Waals surface area contributed by atoms with Gasteiger partial charge >= 0.3 is 6.09 Å². The minimum Gasteiger partial charge on any atom is -0.497 e. The van der Waals surface area contributed by atoms with E-state index in [1.807, 2.05) is 0 Å². The van der Waals surface area contributed by atoms with Gasteiger partial charge in [0.05, 0.1) is 19.8 Å². The molecule has 7 nitrogen and oxygen atoms in total. The summed E-state index contributed by atoms with van der Waals surface area (Å²) in [6, 6.07) is 5.25. The maximum absolute atomic E-state index is 11.9. The Morgan fingerprint density at radius 3 is 2.53 bits per heavy atom. The van der Waals surface area contributed by atoms with Crippen molar-refractivity contribution >= 4 is 17.7 Å². The van der Waals surface area contributed by atoms with Crippen molar-refractivity contribution < 1.29 is 24.5 Å². The Labute approximate surface area is 109 Å². The number of anilines is 1. The Bertz CT molecular complexity index is 487. The van der Waals surface area contributed by atoms with Crippen LogP contribution in [0.5, 0.6) is 5.75 Å². The van der Waals surface area contributed by atoms with Gasteiger partial charge in [0.1, 0.15) is 11.8 Å². The summed E-state index contributed by atoms with van der Waals surface area (Å²) in [7, 11) is 1.53. The summed E-state index contributed by atoms with van der Waals surface area (Å²) in [5.41, 5.74) is 0.591. The third-order valence-electron chi connectivity index (χ3n) is 3.04. The number of amides is 2. The van der Waals surface area contributed by atoms with Gasteiger partial charge in [0.15, 0.2) is 0 Å². The molecule has 1 saturated heterocycles. The van der Waals surface area contributed by atoms with Gasteiger partial charge < -0.3 is 25.2 Å². The number of ether oxygens (including phenoxy) is 1. The SMILES string of the molecule is COc1ccc(N2C(=O)C(NC(=O)O)C2CO)cc1. The van der Waals surface area contributed by atoms with E-state index in [2.05, 4.69) is 5.32 Å². The predicted octanol–water partition coefficient (Wildman–Crippen LogP) is 0.0389. The molecule has 0 radical (unpaired) electrons. The molecule has 1 aromatic rings. The number of carbonyl (C=O) groups is 2. The van der Waals surface area contributed by atoms with Crippen LogP contribution in [0.1, 0.15) is 0 Å². The molecular formula is C12H14N2O5. The van der Waals surface area contributed by atoms with Crippen molar-refractivity contribution in [1.82, 2.24) is 5.32 Å². The molecule has 102 valence electrons. The van der Waals surface area contributed by atoms with Crippen LogP contribution in [-0.2, 0) is 4.79 Å². The van der Waals surface area contributed by atoms with Crippen molar-refractivity contribution in [2.45, 2.75) is 12.1 Å². The van der Waals surface area contributed by atoms with E-state index in [4.69, 9.17) is 9.84 Å². The average Bonchev–Trinajstić information content (AvgIpc) is 2.42. The number of rotatable bonds is 4. The van der Waals surface area contributed by atoms with E-state index < -0.39 is 18.2 Å². The molecule has 1 aromatic carbocycles. The van der Waals surface area contributed by atoms with Crippen LogP contribution in [0.3, 0.4) is 0 Å². The summed E-state index contributed by atoms with van der Waals surface area (Å²) in [5.74, 6) is 0.268. The number of carboxylic acid groups (broad SMARTS) is 1. The van der Waals surface area contributed by atoms with Crippen molar-refractivity contribution in [1.29, 1.82) is 0 Å². The van der Waals surface area contributed by atoms with Gasteiger partial charge in [-0.3, -0.25) is 4.79 Å². The quantitative estimate of drug-likeness (QED) is 0.668. The Hall–Kier alpha value is -2.28. The van der Waals surface area contributed by atoms with Gasteiger partial charge in [0, 0.05) is 5.69 Å². The molecular weight excluding hydrogens is 252 g/mol. The zero-order chi connectivity index (χ0) is 14.0. The Morgan fingerprint density at radius 2 is 2.05 bits per heavy atom. The van der Waals surface area contributed by atoms with E-state index in [9.17, 15) is 14.7 Å². The molecule has 0 bridgehead atoms. The maximum atomic E-state index is 11.9. The van der Waals surface area contributed by atoms with E-state index in [1.165, 1.54) is 12.0 Å². The zero-order valence-electron chi connectivity index (χ0n) is 10.2. The fourth-order valence-corrected chi connectivity index (χ4v) is 2.08. The van der Waals surface area contributed by atoms with Gasteiger partial charge in [-0.1, -0.05) is 0 Å². The van der Waals surface area contributed by atoms with E-state index in [1.54, 1.807) is 24.3 Å². The molecule has 2 unspecified atom stereocenters. The summed E-state index contributed by atoms with van der Waals surface area (Å²) in [5, 5.41) is 20.0. The van der Waals surface area contributed by atoms with Crippen molar-refractivity contribution in [3.63, 3.8) is 0 Å². The van der Waals surface area contributed by atoms with Crippen LogP contribution in [0.15, 0.2) is 24.3 Å². The molecule has 1 fully saturated rings. The summed E-state index contributed by atoms with van der Waals surface area (Å²) in [6.07, 6.45) is -1.29. The number of nitrogens with zero attached hydrogens (tertiary/aromatic N) is 1. The fraction of sp³-hybridized carbons (Fsp3) is 0.333. The van der Waals surface area contributed by atoms with E-state index in [-0.39, 0.29) is 12.5 Å². The summed E-state index contributed by atoms with van der Waals surface area (Å²) < 4.78 is 5.01. The molecule has 0 aliphatic carbocycles. The second-order valence-electron chi connectivity index (χ2n) is 4.08. The first-order valence-corrected chi connectivity index (χ1v) is 5.66. The molecule has 1 aliphatic rings. The minimum atomic E-state index is -1.29. The molecule has 7 heteroatoms. The highest BCUT2D eigenvalue weighted by Gasteiger charge is 2.48. The van der Waals surface area contributed by atoms with Crippen LogP contribution in [0.2, 0.25) is 0 Å². The van der Waals surface area contributed by atoms with Crippen LogP contribution in [0, 0.1) is 0 Å². The van der Waals surface area contributed by atoms with Crippen molar-refractivity contribution in [3.05, 3.63) is 24.3 Å². The van der Waals surface area contributed by atoms with Crippen LogP contribution < -0.4 is 15.0 Å². The van der Waals surface area contributed by atoms with Gasteiger partial charge in [0.25, 0.3) is 5.91 Å². The number of β-lactam (4-membered cyclic amide) rings is 1. The number of methoxy groups -OCH3 is 1. The zero-order valence-corrected chi connectivity index (χ0v) is 10.2. The molecule has 1 heterocycles. The summed E-state index contributed by atoms with van der Waals surface area (Å²) >= 11 is 0. The predicted molar refractivity (Wildman–Crippen MR) is 66.3 cm³/mol. The Balaban J connectivity index is 2.16. The topological polar surface area (TPSA) is 99.1 Å². The molecule has 19 heavy (non-hydrogen) atoms. The third kappa shape index (κ3) is 2.32. The van der Waals surface area contributed by atoms with Gasteiger partial charge in [-0.25, -0.2) is 4.79 Å². The number of benzene rings is 1. The number of carbonyl (C=O) groups excluding carboxylic acids is 1. The molecule has 2 rings (SSSR count). The number of nitrogens with one attached hydrogen (secondary N) is 1. The highest BCUT2D eigenvalue weighted by Crippen LogP contribution is 2.29. The monoisotopic (exact) mass is 266 g/mol. The molecule has 1 aliphatic heterocycles. The molecule has 3 N–H and O–H groups in total.